The standard InChI is InChI=1S/C18H23FN2O3/c1-12-5-4-8-21(10-12)18(23)17-16(20(2)15(22)11-24-17)13-6-3-7-14(19)9-13/h3,6-7,9,12,16-17H,4-5,8,10-11H2,1-2H3/t12-,16-,17-/m1/s1. The van der Waals surface area contributed by atoms with E-state index in [-0.39, 0.29) is 18.4 Å². The highest BCUT2D eigenvalue weighted by Crippen LogP contribution is 2.31. The molecule has 0 saturated carbocycles. The number of halogens is 1. The average Bonchev–Trinajstić information content (AvgIpc) is 2.56. The molecule has 0 bridgehead atoms. The highest BCUT2D eigenvalue weighted by atomic mass is 19.1. The number of ether oxygens (including phenoxy) is 1. The molecule has 0 unspecified atom stereocenters. The molecule has 1 aromatic carbocycles. The molecule has 0 radical (unpaired) electrons. The van der Waals surface area contributed by atoms with Crippen molar-refractivity contribution >= 4 is 11.8 Å². The summed E-state index contributed by atoms with van der Waals surface area (Å²) in [6.45, 7) is 3.41. The first-order valence-corrected chi connectivity index (χ1v) is 8.39. The van der Waals surface area contributed by atoms with E-state index < -0.39 is 18.0 Å². The average molecular weight is 334 g/mol. The highest BCUT2D eigenvalue weighted by molar-refractivity contribution is 5.86. The molecule has 0 N–H and O–H groups in total. The van der Waals surface area contributed by atoms with Crippen molar-refractivity contribution < 1.29 is 18.7 Å². The van der Waals surface area contributed by atoms with Crippen LogP contribution in [0.25, 0.3) is 0 Å². The van der Waals surface area contributed by atoms with Crippen LogP contribution >= 0.6 is 0 Å². The molecule has 1 aromatic rings. The van der Waals surface area contributed by atoms with Gasteiger partial charge in [0.1, 0.15) is 12.4 Å². The molecule has 2 amide bonds. The number of hydrogen-bond donors (Lipinski definition) is 0. The first kappa shape index (κ1) is 16.9. The largest absolute Gasteiger partial charge is 0.356 e. The summed E-state index contributed by atoms with van der Waals surface area (Å²) in [6, 6.07) is 5.42. The Kier molecular flexibility index (Phi) is 4.85. The van der Waals surface area contributed by atoms with Crippen LogP contribution in [0.2, 0.25) is 0 Å². The molecule has 0 spiro atoms. The molecule has 2 heterocycles. The zero-order valence-corrected chi connectivity index (χ0v) is 14.1. The van der Waals surface area contributed by atoms with E-state index in [4.69, 9.17) is 4.74 Å². The number of hydrogen-bond acceptors (Lipinski definition) is 3. The van der Waals surface area contributed by atoms with Crippen LogP contribution in [0.1, 0.15) is 31.4 Å². The minimum atomic E-state index is -0.792. The summed E-state index contributed by atoms with van der Waals surface area (Å²) >= 11 is 0. The van der Waals surface area contributed by atoms with Gasteiger partial charge in [0.2, 0.25) is 5.91 Å². The fourth-order valence-corrected chi connectivity index (χ4v) is 3.58. The monoisotopic (exact) mass is 334 g/mol. The van der Waals surface area contributed by atoms with E-state index in [0.717, 1.165) is 12.8 Å². The summed E-state index contributed by atoms with van der Waals surface area (Å²) in [5.41, 5.74) is 0.578. The van der Waals surface area contributed by atoms with Crippen molar-refractivity contribution in [1.29, 1.82) is 0 Å². The fourth-order valence-electron chi connectivity index (χ4n) is 3.58. The number of piperidine rings is 1. The minimum Gasteiger partial charge on any atom is -0.356 e. The smallest absolute Gasteiger partial charge is 0.254 e. The van der Waals surface area contributed by atoms with E-state index >= 15 is 0 Å². The lowest BCUT2D eigenvalue weighted by molar-refractivity contribution is -0.168. The topological polar surface area (TPSA) is 49.9 Å². The Bertz CT molecular complexity index is 636. The van der Waals surface area contributed by atoms with E-state index in [1.165, 1.54) is 17.0 Å². The predicted molar refractivity (Wildman–Crippen MR) is 86.6 cm³/mol. The number of carbonyl (C=O) groups is 2. The summed E-state index contributed by atoms with van der Waals surface area (Å²) in [7, 11) is 1.64. The number of benzene rings is 1. The van der Waals surface area contributed by atoms with Gasteiger partial charge in [-0.1, -0.05) is 19.1 Å². The Morgan fingerprint density at radius 2 is 2.17 bits per heavy atom. The maximum Gasteiger partial charge on any atom is 0.254 e. The second kappa shape index (κ2) is 6.89. The summed E-state index contributed by atoms with van der Waals surface area (Å²) in [5, 5.41) is 0. The first-order chi connectivity index (χ1) is 11.5. The lowest BCUT2D eigenvalue weighted by Crippen LogP contribution is -2.55. The molecule has 2 aliphatic rings. The summed E-state index contributed by atoms with van der Waals surface area (Å²) < 4.78 is 19.3. The van der Waals surface area contributed by atoms with Gasteiger partial charge in [0.05, 0.1) is 6.04 Å². The Morgan fingerprint density at radius 1 is 1.38 bits per heavy atom. The van der Waals surface area contributed by atoms with Gasteiger partial charge >= 0.3 is 0 Å². The van der Waals surface area contributed by atoms with Gasteiger partial charge < -0.3 is 14.5 Å². The van der Waals surface area contributed by atoms with Gasteiger partial charge in [-0.05, 0) is 36.5 Å². The van der Waals surface area contributed by atoms with Crippen molar-refractivity contribution in [3.8, 4) is 0 Å². The van der Waals surface area contributed by atoms with Gasteiger partial charge in [-0.2, -0.15) is 0 Å². The lowest BCUT2D eigenvalue weighted by Gasteiger charge is -2.41. The number of morpholine rings is 1. The van der Waals surface area contributed by atoms with Crippen molar-refractivity contribution in [3.05, 3.63) is 35.6 Å². The minimum absolute atomic E-state index is 0.116. The molecular formula is C18H23FN2O3. The highest BCUT2D eigenvalue weighted by Gasteiger charge is 2.42. The Hall–Kier alpha value is -1.95. The maximum absolute atomic E-state index is 13.6. The van der Waals surface area contributed by atoms with Gasteiger partial charge in [-0.25, -0.2) is 4.39 Å². The second-order valence-corrected chi connectivity index (χ2v) is 6.77. The number of rotatable bonds is 2. The SMILES string of the molecule is C[C@@H]1CCCN(C(=O)[C@@H]2OCC(=O)N(C)[C@@H]2c2cccc(F)c2)C1. The normalized spacial score (nSPS) is 28.1. The third-order valence-electron chi connectivity index (χ3n) is 4.89. The van der Waals surface area contributed by atoms with Crippen LogP contribution in [-0.2, 0) is 14.3 Å². The molecule has 6 heteroatoms. The molecule has 130 valence electrons. The number of likely N-dealkylation sites (N-methyl/N-ethyl adjacent to an activating group) is 1. The second-order valence-electron chi connectivity index (χ2n) is 6.77. The van der Waals surface area contributed by atoms with Crippen LogP contribution < -0.4 is 0 Å². The van der Waals surface area contributed by atoms with Gasteiger partial charge in [0, 0.05) is 20.1 Å². The zero-order chi connectivity index (χ0) is 17.3. The molecule has 0 aromatic heterocycles. The van der Waals surface area contributed by atoms with Crippen molar-refractivity contribution in [3.63, 3.8) is 0 Å². The summed E-state index contributed by atoms with van der Waals surface area (Å²) in [5.74, 6) is -0.259. The van der Waals surface area contributed by atoms with Crippen LogP contribution in [0.4, 0.5) is 4.39 Å². The fraction of sp³-hybridized carbons (Fsp3) is 0.556. The van der Waals surface area contributed by atoms with Crippen molar-refractivity contribution in [2.45, 2.75) is 31.9 Å². The number of carbonyl (C=O) groups excluding carboxylic acids is 2. The van der Waals surface area contributed by atoms with Crippen LogP contribution in [0.15, 0.2) is 24.3 Å². The Morgan fingerprint density at radius 3 is 2.88 bits per heavy atom. The van der Waals surface area contributed by atoms with Crippen molar-refractivity contribution in [2.75, 3.05) is 26.7 Å². The van der Waals surface area contributed by atoms with Gasteiger partial charge in [0.15, 0.2) is 6.10 Å². The number of nitrogens with zero attached hydrogens (tertiary/aromatic N) is 2. The van der Waals surface area contributed by atoms with Crippen molar-refractivity contribution in [2.24, 2.45) is 5.92 Å². The molecule has 3 rings (SSSR count). The molecule has 3 atom stereocenters. The van der Waals surface area contributed by atoms with Crippen molar-refractivity contribution in [1.82, 2.24) is 9.80 Å². The van der Waals surface area contributed by atoms with E-state index in [1.54, 1.807) is 19.2 Å². The third kappa shape index (κ3) is 3.29. The van der Waals surface area contributed by atoms with Crippen LogP contribution in [0.5, 0.6) is 0 Å². The molecule has 0 aliphatic carbocycles. The Labute approximate surface area is 141 Å². The predicted octanol–water partition coefficient (Wildman–Crippen LogP) is 1.98. The maximum atomic E-state index is 13.6. The third-order valence-corrected chi connectivity index (χ3v) is 4.89. The van der Waals surface area contributed by atoms with Gasteiger partial charge in [-0.3, -0.25) is 9.59 Å². The van der Waals surface area contributed by atoms with E-state index in [9.17, 15) is 14.0 Å². The first-order valence-electron chi connectivity index (χ1n) is 8.39. The van der Waals surface area contributed by atoms with Crippen LogP contribution in [0.3, 0.4) is 0 Å². The van der Waals surface area contributed by atoms with Crippen LogP contribution in [0, 0.1) is 11.7 Å². The quantitative estimate of drug-likeness (QED) is 0.831. The molecule has 2 aliphatic heterocycles. The zero-order valence-electron chi connectivity index (χ0n) is 14.1. The molecule has 5 nitrogen and oxygen atoms in total. The molecular weight excluding hydrogens is 311 g/mol. The number of likely N-dealkylation sites (tertiary alicyclic amines) is 1. The van der Waals surface area contributed by atoms with E-state index in [2.05, 4.69) is 6.92 Å². The number of amides is 2. The molecule has 24 heavy (non-hydrogen) atoms. The lowest BCUT2D eigenvalue weighted by atomic mass is 9.95. The molecule has 2 saturated heterocycles. The summed E-state index contributed by atoms with van der Waals surface area (Å²) in [4.78, 5) is 28.3. The molecule has 2 fully saturated rings. The van der Waals surface area contributed by atoms with Crippen LogP contribution in [-0.4, -0.2) is 54.5 Å². The van der Waals surface area contributed by atoms with E-state index in [1.807, 2.05) is 4.90 Å². The van der Waals surface area contributed by atoms with Gasteiger partial charge in [0.25, 0.3) is 5.91 Å². The Balaban J connectivity index is 1.88. The summed E-state index contributed by atoms with van der Waals surface area (Å²) in [6.07, 6.45) is 1.29. The van der Waals surface area contributed by atoms with Gasteiger partial charge in [-0.15, -0.1) is 0 Å². The van der Waals surface area contributed by atoms with E-state index in [0.29, 0.717) is 24.6 Å².